The first kappa shape index (κ1) is 22.2. The van der Waals surface area contributed by atoms with Gasteiger partial charge in [-0.25, -0.2) is 4.39 Å². The highest BCUT2D eigenvalue weighted by Crippen LogP contribution is 2.32. The van der Waals surface area contributed by atoms with Crippen LogP contribution in [0.4, 0.5) is 15.8 Å². The summed E-state index contributed by atoms with van der Waals surface area (Å²) in [6, 6.07) is 18.7. The summed E-state index contributed by atoms with van der Waals surface area (Å²) in [5.41, 5.74) is 5.44. The third-order valence-electron chi connectivity index (χ3n) is 6.66. The van der Waals surface area contributed by atoms with Crippen molar-refractivity contribution in [3.63, 3.8) is 0 Å². The molecule has 7 nitrogen and oxygen atoms in total. The molecule has 1 aliphatic rings. The minimum atomic E-state index is -0.288. The minimum absolute atomic E-state index is 0.0916. The molecule has 2 aromatic heterocycles. The minimum Gasteiger partial charge on any atom is -0.356 e. The van der Waals surface area contributed by atoms with E-state index in [0.29, 0.717) is 25.2 Å². The first-order valence-electron chi connectivity index (χ1n) is 11.8. The number of hydrogen-bond acceptors (Lipinski definition) is 6. The number of likely N-dealkylation sites (N-methyl/N-ethyl adjacent to an activating group) is 1. The van der Waals surface area contributed by atoms with E-state index in [-0.39, 0.29) is 11.7 Å². The van der Waals surface area contributed by atoms with Crippen LogP contribution in [0.15, 0.2) is 77.6 Å². The first-order chi connectivity index (χ1) is 17.5. The summed E-state index contributed by atoms with van der Waals surface area (Å²) in [6.45, 7) is 2.37. The van der Waals surface area contributed by atoms with Crippen LogP contribution in [0.5, 0.6) is 0 Å². The van der Waals surface area contributed by atoms with Gasteiger partial charge in [0.2, 0.25) is 5.91 Å². The van der Waals surface area contributed by atoms with Gasteiger partial charge in [-0.05, 0) is 53.6 Å². The molecule has 36 heavy (non-hydrogen) atoms. The summed E-state index contributed by atoms with van der Waals surface area (Å²) < 4.78 is 20.4. The number of carbonyl (C=O) groups excluding carboxylic acids is 1. The van der Waals surface area contributed by atoms with E-state index in [1.165, 1.54) is 0 Å². The van der Waals surface area contributed by atoms with Crippen molar-refractivity contribution in [3.05, 3.63) is 84.4 Å². The normalized spacial score (nSPS) is 14.6. The summed E-state index contributed by atoms with van der Waals surface area (Å²) in [6.07, 6.45) is 3.43. The quantitative estimate of drug-likeness (QED) is 0.372. The topological polar surface area (TPSA) is 74.5 Å². The van der Waals surface area contributed by atoms with Crippen LogP contribution in [0.2, 0.25) is 0 Å². The molecule has 3 aromatic carbocycles. The average molecular weight is 482 g/mol. The second kappa shape index (κ2) is 9.05. The number of benzene rings is 3. The van der Waals surface area contributed by atoms with E-state index in [4.69, 9.17) is 4.52 Å². The fourth-order valence-corrected chi connectivity index (χ4v) is 4.62. The van der Waals surface area contributed by atoms with Crippen molar-refractivity contribution in [1.29, 1.82) is 0 Å². The molecule has 0 bridgehead atoms. The Hall–Kier alpha value is -4.30. The van der Waals surface area contributed by atoms with Crippen LogP contribution >= 0.6 is 0 Å². The van der Waals surface area contributed by atoms with Crippen LogP contribution in [0.25, 0.3) is 33.0 Å². The van der Waals surface area contributed by atoms with Crippen molar-refractivity contribution in [2.24, 2.45) is 0 Å². The van der Waals surface area contributed by atoms with Crippen LogP contribution < -0.4 is 5.32 Å². The monoisotopic (exact) mass is 481 g/mol. The van der Waals surface area contributed by atoms with Crippen molar-refractivity contribution < 1.29 is 13.7 Å². The summed E-state index contributed by atoms with van der Waals surface area (Å²) in [4.78, 5) is 20.2. The predicted octanol–water partition coefficient (Wildman–Crippen LogP) is 5.20. The third kappa shape index (κ3) is 4.27. The molecule has 0 atom stereocenters. The van der Waals surface area contributed by atoms with Gasteiger partial charge in [0, 0.05) is 60.6 Å². The Morgan fingerprint density at radius 1 is 1.06 bits per heavy atom. The number of pyridine rings is 1. The van der Waals surface area contributed by atoms with Crippen LogP contribution in [0, 0.1) is 5.82 Å². The van der Waals surface area contributed by atoms with Gasteiger partial charge in [-0.3, -0.25) is 14.7 Å². The number of piperazine rings is 1. The van der Waals surface area contributed by atoms with Crippen molar-refractivity contribution in [2.45, 2.75) is 6.54 Å². The molecule has 1 N–H and O–H groups in total. The molecule has 0 unspecified atom stereocenters. The molecule has 180 valence electrons. The Morgan fingerprint density at radius 3 is 2.83 bits per heavy atom. The molecular formula is C28H24FN5O2. The summed E-state index contributed by atoms with van der Waals surface area (Å²) >= 11 is 0. The average Bonchev–Trinajstić information content (AvgIpc) is 3.34. The number of aromatic nitrogens is 2. The second-order valence-corrected chi connectivity index (χ2v) is 9.13. The highest BCUT2D eigenvalue weighted by molar-refractivity contribution is 5.96. The summed E-state index contributed by atoms with van der Waals surface area (Å²) in [5.74, 6) is -0.197. The van der Waals surface area contributed by atoms with Crippen molar-refractivity contribution in [2.75, 3.05) is 32.0 Å². The van der Waals surface area contributed by atoms with E-state index in [1.807, 2.05) is 66.5 Å². The fourth-order valence-electron chi connectivity index (χ4n) is 4.62. The zero-order valence-corrected chi connectivity index (χ0v) is 19.7. The Balaban J connectivity index is 1.28. The molecule has 0 radical (unpaired) electrons. The van der Waals surface area contributed by atoms with Crippen LogP contribution in [0.1, 0.15) is 5.56 Å². The molecule has 0 aliphatic carbocycles. The Bertz CT molecular complexity index is 1600. The molecule has 1 fully saturated rings. The lowest BCUT2D eigenvalue weighted by Gasteiger charge is -2.31. The number of fused-ring (bicyclic) bond motifs is 2. The van der Waals surface area contributed by atoms with E-state index >= 15 is 4.39 Å². The zero-order chi connectivity index (χ0) is 24.6. The zero-order valence-electron chi connectivity index (χ0n) is 19.7. The third-order valence-corrected chi connectivity index (χ3v) is 6.66. The predicted molar refractivity (Wildman–Crippen MR) is 137 cm³/mol. The van der Waals surface area contributed by atoms with Gasteiger partial charge in [0.25, 0.3) is 0 Å². The van der Waals surface area contributed by atoms with Crippen LogP contribution in [-0.4, -0.2) is 52.5 Å². The van der Waals surface area contributed by atoms with Gasteiger partial charge < -0.3 is 14.7 Å². The molecule has 1 aliphatic heterocycles. The largest absolute Gasteiger partial charge is 0.356 e. The van der Waals surface area contributed by atoms with Gasteiger partial charge in [0.05, 0.1) is 18.3 Å². The highest BCUT2D eigenvalue weighted by atomic mass is 19.1. The lowest BCUT2D eigenvalue weighted by molar-refractivity contribution is -0.134. The van der Waals surface area contributed by atoms with Crippen LogP contribution in [-0.2, 0) is 11.3 Å². The van der Waals surface area contributed by atoms with E-state index in [1.54, 1.807) is 23.4 Å². The standard InChI is InChI=1S/C28H24FN5O2/c1-33-10-11-34(17-28(33)35)16-18-2-5-22(24(29)12-18)19-3-6-25-23(14-19)26(8-9-30-25)32-21-4-7-27-20(13-21)15-31-36-27/h2-9,12-15H,10-11,16-17H2,1H3,(H,30,32). The molecular weight excluding hydrogens is 457 g/mol. The summed E-state index contributed by atoms with van der Waals surface area (Å²) in [5, 5.41) is 9.07. The number of rotatable bonds is 5. The van der Waals surface area contributed by atoms with Gasteiger partial charge in [-0.1, -0.05) is 23.4 Å². The number of hydrogen-bond donors (Lipinski definition) is 1. The van der Waals surface area contributed by atoms with Gasteiger partial charge in [-0.15, -0.1) is 0 Å². The molecule has 6 rings (SSSR count). The Morgan fingerprint density at radius 2 is 1.97 bits per heavy atom. The van der Waals surface area contributed by atoms with E-state index < -0.39 is 0 Å². The Labute approximate surface area is 207 Å². The SMILES string of the molecule is CN1CCN(Cc2ccc(-c3ccc4nccc(Nc5ccc6oncc6c5)c4c3)c(F)c2)CC1=O. The van der Waals surface area contributed by atoms with Crippen molar-refractivity contribution in [1.82, 2.24) is 19.9 Å². The maximum atomic E-state index is 15.3. The van der Waals surface area contributed by atoms with E-state index in [9.17, 15) is 4.79 Å². The maximum absolute atomic E-state index is 15.3. The number of amides is 1. The maximum Gasteiger partial charge on any atom is 0.236 e. The summed E-state index contributed by atoms with van der Waals surface area (Å²) in [7, 11) is 1.81. The molecule has 3 heterocycles. The highest BCUT2D eigenvalue weighted by Gasteiger charge is 2.21. The van der Waals surface area contributed by atoms with Crippen molar-refractivity contribution in [3.8, 4) is 11.1 Å². The number of carbonyl (C=O) groups is 1. The number of anilines is 2. The van der Waals surface area contributed by atoms with E-state index in [0.717, 1.165) is 50.9 Å². The first-order valence-corrected chi connectivity index (χ1v) is 11.8. The van der Waals surface area contributed by atoms with Gasteiger partial charge >= 0.3 is 0 Å². The molecule has 5 aromatic rings. The van der Waals surface area contributed by atoms with Gasteiger partial charge in [0.1, 0.15) is 5.82 Å². The Kier molecular flexibility index (Phi) is 5.58. The second-order valence-electron chi connectivity index (χ2n) is 9.13. The molecule has 0 spiro atoms. The smallest absolute Gasteiger partial charge is 0.236 e. The fraction of sp³-hybridized carbons (Fsp3) is 0.179. The lowest BCUT2D eigenvalue weighted by atomic mass is 10.00. The van der Waals surface area contributed by atoms with E-state index in [2.05, 4.69) is 15.5 Å². The van der Waals surface area contributed by atoms with Gasteiger partial charge in [-0.2, -0.15) is 0 Å². The molecule has 1 saturated heterocycles. The molecule has 1 amide bonds. The lowest BCUT2D eigenvalue weighted by Crippen LogP contribution is -2.47. The molecule has 0 saturated carbocycles. The number of nitrogens with one attached hydrogen (secondary N) is 1. The van der Waals surface area contributed by atoms with Crippen molar-refractivity contribution >= 4 is 39.2 Å². The number of nitrogens with zero attached hydrogens (tertiary/aromatic N) is 4. The van der Waals surface area contributed by atoms with Gasteiger partial charge in [0.15, 0.2) is 5.58 Å². The van der Waals surface area contributed by atoms with Crippen LogP contribution in [0.3, 0.4) is 0 Å². The number of halogens is 1. The molecule has 8 heteroatoms.